The Morgan fingerprint density at radius 2 is 2.15 bits per heavy atom. The molecule has 2 unspecified atom stereocenters. The van der Waals surface area contributed by atoms with E-state index in [1.165, 1.54) is 18.2 Å². The predicted octanol–water partition coefficient (Wildman–Crippen LogP) is 3.52. The summed E-state index contributed by atoms with van der Waals surface area (Å²) in [7, 11) is 0. The lowest BCUT2D eigenvalue weighted by atomic mass is 9.93. The summed E-state index contributed by atoms with van der Waals surface area (Å²) in [5.74, 6) is 0.274. The lowest BCUT2D eigenvalue weighted by Gasteiger charge is -2.38. The minimum Gasteiger partial charge on any atom is -0.444 e. The van der Waals surface area contributed by atoms with Gasteiger partial charge in [-0.25, -0.2) is 4.79 Å². The highest BCUT2D eigenvalue weighted by Crippen LogP contribution is 2.26. The van der Waals surface area contributed by atoms with Gasteiger partial charge in [-0.3, -0.25) is 10.1 Å². The number of rotatable bonds is 3. The average Bonchev–Trinajstić information content (AvgIpc) is 2.55. The predicted molar refractivity (Wildman–Crippen MR) is 96.8 cm³/mol. The quantitative estimate of drug-likeness (QED) is 0.652. The molecule has 2 rings (SSSR count). The number of carbonyl (C=O) groups is 1. The van der Waals surface area contributed by atoms with Crippen molar-refractivity contribution in [1.29, 1.82) is 5.26 Å². The number of nitriles is 1. The number of nitro groups is 1. The summed E-state index contributed by atoms with van der Waals surface area (Å²) < 4.78 is 5.43. The van der Waals surface area contributed by atoms with Crippen molar-refractivity contribution in [3.8, 4) is 6.07 Å². The van der Waals surface area contributed by atoms with E-state index in [1.807, 2.05) is 26.8 Å². The first-order valence-corrected chi connectivity index (χ1v) is 8.53. The Hall–Kier alpha value is -2.82. The van der Waals surface area contributed by atoms with Gasteiger partial charge in [-0.2, -0.15) is 5.26 Å². The lowest BCUT2D eigenvalue weighted by Crippen LogP contribution is -2.50. The van der Waals surface area contributed by atoms with Gasteiger partial charge in [0.1, 0.15) is 11.7 Å². The molecular weight excluding hydrogens is 336 g/mol. The number of nitrogens with one attached hydrogen (secondary N) is 1. The minimum atomic E-state index is -0.560. The molecule has 8 nitrogen and oxygen atoms in total. The van der Waals surface area contributed by atoms with E-state index in [2.05, 4.69) is 12.2 Å². The van der Waals surface area contributed by atoms with Crippen molar-refractivity contribution in [2.24, 2.45) is 5.92 Å². The van der Waals surface area contributed by atoms with Crippen LogP contribution in [0.5, 0.6) is 0 Å². The molecule has 0 saturated carbocycles. The number of piperidine rings is 1. The van der Waals surface area contributed by atoms with Crippen LogP contribution in [0, 0.1) is 27.4 Å². The third-order valence-electron chi connectivity index (χ3n) is 4.29. The standard InChI is InChI=1S/C18H24N4O4/c1-12-7-8-21(17(23)26-18(2,3)4)11-16(12)20-15-6-5-14(22(24)25)9-13(15)10-19/h5-6,9,12,16,20H,7-8,11H2,1-4H3. The van der Waals surface area contributed by atoms with Gasteiger partial charge in [0.15, 0.2) is 0 Å². The van der Waals surface area contributed by atoms with E-state index in [0.29, 0.717) is 18.8 Å². The van der Waals surface area contributed by atoms with E-state index in [9.17, 15) is 20.2 Å². The highest BCUT2D eigenvalue weighted by molar-refractivity contribution is 5.68. The first kappa shape index (κ1) is 19.5. The van der Waals surface area contributed by atoms with Crippen molar-refractivity contribution in [2.75, 3.05) is 18.4 Å². The molecule has 1 amide bonds. The Kier molecular flexibility index (Phi) is 5.70. The van der Waals surface area contributed by atoms with Crippen LogP contribution >= 0.6 is 0 Å². The molecule has 1 aliphatic heterocycles. The Morgan fingerprint density at radius 1 is 1.46 bits per heavy atom. The molecule has 1 N–H and O–H groups in total. The van der Waals surface area contributed by atoms with E-state index >= 15 is 0 Å². The largest absolute Gasteiger partial charge is 0.444 e. The lowest BCUT2D eigenvalue weighted by molar-refractivity contribution is -0.384. The van der Waals surface area contributed by atoms with Gasteiger partial charge < -0.3 is 15.0 Å². The smallest absolute Gasteiger partial charge is 0.410 e. The Bertz CT molecular complexity index is 736. The molecule has 1 aliphatic rings. The minimum absolute atomic E-state index is 0.0789. The summed E-state index contributed by atoms with van der Waals surface area (Å²) in [5, 5.41) is 23.4. The summed E-state index contributed by atoms with van der Waals surface area (Å²) in [5.41, 5.74) is 0.0519. The molecule has 0 aromatic heterocycles. The molecular formula is C18H24N4O4. The molecule has 0 aliphatic carbocycles. The van der Waals surface area contributed by atoms with Crippen LogP contribution in [0.4, 0.5) is 16.2 Å². The maximum atomic E-state index is 12.3. The highest BCUT2D eigenvalue weighted by Gasteiger charge is 2.31. The number of nitro benzene ring substituents is 1. The topological polar surface area (TPSA) is 108 Å². The number of carbonyl (C=O) groups excluding carboxylic acids is 1. The summed E-state index contributed by atoms with van der Waals surface area (Å²) >= 11 is 0. The Labute approximate surface area is 152 Å². The van der Waals surface area contributed by atoms with Gasteiger partial charge in [0.25, 0.3) is 5.69 Å². The second kappa shape index (κ2) is 7.60. The molecule has 140 valence electrons. The van der Waals surface area contributed by atoms with Crippen molar-refractivity contribution in [3.05, 3.63) is 33.9 Å². The van der Waals surface area contributed by atoms with Crippen LogP contribution < -0.4 is 5.32 Å². The van der Waals surface area contributed by atoms with Gasteiger partial charge in [-0.1, -0.05) is 6.92 Å². The van der Waals surface area contributed by atoms with E-state index in [0.717, 1.165) is 6.42 Å². The number of ether oxygens (including phenoxy) is 1. The first-order chi connectivity index (χ1) is 12.1. The van der Waals surface area contributed by atoms with Gasteiger partial charge in [-0.15, -0.1) is 0 Å². The maximum Gasteiger partial charge on any atom is 0.410 e. The molecule has 26 heavy (non-hydrogen) atoms. The highest BCUT2D eigenvalue weighted by atomic mass is 16.6. The van der Waals surface area contributed by atoms with Gasteiger partial charge >= 0.3 is 6.09 Å². The Balaban J connectivity index is 2.14. The third kappa shape index (κ3) is 4.85. The van der Waals surface area contributed by atoms with Crippen LogP contribution in [-0.2, 0) is 4.74 Å². The number of anilines is 1. The van der Waals surface area contributed by atoms with E-state index < -0.39 is 10.5 Å². The van der Waals surface area contributed by atoms with Crippen LogP contribution in [0.2, 0.25) is 0 Å². The van der Waals surface area contributed by atoms with Crippen LogP contribution in [-0.4, -0.2) is 40.6 Å². The normalized spacial score (nSPS) is 20.2. The van der Waals surface area contributed by atoms with Gasteiger partial charge in [0, 0.05) is 31.3 Å². The molecule has 1 saturated heterocycles. The van der Waals surface area contributed by atoms with E-state index in [1.54, 1.807) is 4.90 Å². The molecule has 0 spiro atoms. The summed E-state index contributed by atoms with van der Waals surface area (Å²) in [6, 6.07) is 6.06. The van der Waals surface area contributed by atoms with Gasteiger partial charge in [0.05, 0.1) is 16.2 Å². The fourth-order valence-corrected chi connectivity index (χ4v) is 2.81. The van der Waals surface area contributed by atoms with Crippen molar-refractivity contribution >= 4 is 17.5 Å². The van der Waals surface area contributed by atoms with Crippen molar-refractivity contribution in [2.45, 2.75) is 45.8 Å². The van der Waals surface area contributed by atoms with Crippen molar-refractivity contribution in [3.63, 3.8) is 0 Å². The van der Waals surface area contributed by atoms with Gasteiger partial charge in [0.2, 0.25) is 0 Å². The second-order valence-electron chi connectivity index (χ2n) is 7.54. The zero-order valence-electron chi connectivity index (χ0n) is 15.5. The van der Waals surface area contributed by atoms with Crippen LogP contribution in [0.15, 0.2) is 18.2 Å². The van der Waals surface area contributed by atoms with Crippen LogP contribution in [0.1, 0.15) is 39.7 Å². The number of benzene rings is 1. The van der Waals surface area contributed by atoms with E-state index in [-0.39, 0.29) is 29.3 Å². The SMILES string of the molecule is CC1CCN(C(=O)OC(C)(C)C)CC1Nc1ccc([N+](=O)[O-])cc1C#N. The first-order valence-electron chi connectivity index (χ1n) is 8.53. The number of non-ortho nitro benzene ring substituents is 1. The molecule has 1 heterocycles. The summed E-state index contributed by atoms with van der Waals surface area (Å²) in [4.78, 5) is 24.3. The monoisotopic (exact) mass is 360 g/mol. The van der Waals surface area contributed by atoms with Crippen molar-refractivity contribution in [1.82, 2.24) is 4.90 Å². The Morgan fingerprint density at radius 3 is 2.73 bits per heavy atom. The van der Waals surface area contributed by atoms with Crippen LogP contribution in [0.25, 0.3) is 0 Å². The van der Waals surface area contributed by atoms with Crippen molar-refractivity contribution < 1.29 is 14.5 Å². The molecule has 2 atom stereocenters. The molecule has 1 aromatic rings. The summed E-state index contributed by atoms with van der Waals surface area (Å²) in [6.07, 6.45) is 0.437. The fourth-order valence-electron chi connectivity index (χ4n) is 2.81. The third-order valence-corrected chi connectivity index (χ3v) is 4.29. The zero-order valence-corrected chi connectivity index (χ0v) is 15.5. The molecule has 0 bridgehead atoms. The number of hydrogen-bond acceptors (Lipinski definition) is 6. The molecule has 1 fully saturated rings. The fraction of sp³-hybridized carbons (Fsp3) is 0.556. The second-order valence-corrected chi connectivity index (χ2v) is 7.54. The number of hydrogen-bond donors (Lipinski definition) is 1. The van der Waals surface area contributed by atoms with Crippen LogP contribution in [0.3, 0.4) is 0 Å². The molecule has 8 heteroatoms. The molecule has 1 aromatic carbocycles. The van der Waals surface area contributed by atoms with Gasteiger partial charge in [-0.05, 0) is 39.2 Å². The number of amides is 1. The average molecular weight is 360 g/mol. The number of likely N-dealkylation sites (tertiary alicyclic amines) is 1. The zero-order chi connectivity index (χ0) is 19.5. The maximum absolute atomic E-state index is 12.3. The van der Waals surface area contributed by atoms with E-state index in [4.69, 9.17) is 4.74 Å². The summed E-state index contributed by atoms with van der Waals surface area (Å²) in [6.45, 7) is 8.59. The molecule has 0 radical (unpaired) electrons. The number of nitrogens with zero attached hydrogens (tertiary/aromatic N) is 3.